The Labute approximate surface area is 120 Å². The van der Waals surface area contributed by atoms with Gasteiger partial charge in [0.2, 0.25) is 0 Å². The number of nitrogens with one attached hydrogen (secondary N) is 1. The van der Waals surface area contributed by atoms with Gasteiger partial charge in [-0.2, -0.15) is 0 Å². The van der Waals surface area contributed by atoms with Gasteiger partial charge < -0.3 is 10.1 Å². The maximum absolute atomic E-state index is 10.8. The van der Waals surface area contributed by atoms with Crippen LogP contribution in [0.4, 0.5) is 11.4 Å². The molecule has 1 aliphatic heterocycles. The normalized spacial score (nSPS) is 22.5. The topological polar surface area (TPSA) is 64.4 Å². The Kier molecular flexibility index (Phi) is 4.10. The standard InChI is InChI=1S/C13H17BrN2O3/c1-9-6-11(10(14)7-12(9)16(17)18)15-8-13(2)4-3-5-19-13/h6-7,15H,3-5,8H2,1-2H3. The minimum Gasteiger partial charge on any atom is -0.381 e. The third kappa shape index (κ3) is 3.25. The van der Waals surface area contributed by atoms with Crippen molar-refractivity contribution in [2.45, 2.75) is 32.3 Å². The van der Waals surface area contributed by atoms with Gasteiger partial charge in [-0.05, 0) is 48.7 Å². The van der Waals surface area contributed by atoms with Crippen molar-refractivity contribution in [3.05, 3.63) is 32.3 Å². The minimum absolute atomic E-state index is 0.126. The Hall–Kier alpha value is -1.14. The fraction of sp³-hybridized carbons (Fsp3) is 0.538. The van der Waals surface area contributed by atoms with Crippen molar-refractivity contribution in [3.63, 3.8) is 0 Å². The van der Waals surface area contributed by atoms with Gasteiger partial charge in [-0.3, -0.25) is 10.1 Å². The number of aryl methyl sites for hydroxylation is 1. The molecule has 0 amide bonds. The van der Waals surface area contributed by atoms with Crippen molar-refractivity contribution < 1.29 is 9.66 Å². The molecule has 1 unspecified atom stereocenters. The van der Waals surface area contributed by atoms with E-state index in [4.69, 9.17) is 4.74 Å². The zero-order valence-corrected chi connectivity index (χ0v) is 12.6. The van der Waals surface area contributed by atoms with Crippen LogP contribution in [-0.4, -0.2) is 23.7 Å². The summed E-state index contributed by atoms with van der Waals surface area (Å²) in [5.41, 5.74) is 1.49. The highest BCUT2D eigenvalue weighted by molar-refractivity contribution is 9.10. The van der Waals surface area contributed by atoms with Crippen LogP contribution in [0.5, 0.6) is 0 Å². The second-order valence-corrected chi connectivity index (χ2v) is 5.99. The van der Waals surface area contributed by atoms with Crippen molar-refractivity contribution in [1.29, 1.82) is 0 Å². The van der Waals surface area contributed by atoms with Gasteiger partial charge in [-0.1, -0.05) is 0 Å². The van der Waals surface area contributed by atoms with E-state index < -0.39 is 0 Å². The molecule has 0 saturated carbocycles. The van der Waals surface area contributed by atoms with E-state index >= 15 is 0 Å². The molecule has 1 fully saturated rings. The zero-order valence-electron chi connectivity index (χ0n) is 11.0. The fourth-order valence-corrected chi connectivity index (χ4v) is 2.73. The molecule has 0 aromatic heterocycles. The van der Waals surface area contributed by atoms with Crippen LogP contribution < -0.4 is 5.32 Å². The predicted octanol–water partition coefficient (Wildman–Crippen LogP) is 3.65. The van der Waals surface area contributed by atoms with Crippen LogP contribution in [0.2, 0.25) is 0 Å². The number of anilines is 1. The highest BCUT2D eigenvalue weighted by Crippen LogP contribution is 2.32. The molecule has 0 radical (unpaired) electrons. The maximum atomic E-state index is 10.8. The van der Waals surface area contributed by atoms with E-state index in [1.54, 1.807) is 13.0 Å². The number of rotatable bonds is 4. The Morgan fingerprint density at radius 2 is 2.32 bits per heavy atom. The van der Waals surface area contributed by atoms with Gasteiger partial charge >= 0.3 is 0 Å². The number of halogens is 1. The highest BCUT2D eigenvalue weighted by atomic mass is 79.9. The summed E-state index contributed by atoms with van der Waals surface area (Å²) in [4.78, 5) is 10.5. The molecule has 1 heterocycles. The molecule has 19 heavy (non-hydrogen) atoms. The summed E-state index contributed by atoms with van der Waals surface area (Å²) in [7, 11) is 0. The van der Waals surface area contributed by atoms with E-state index in [1.807, 2.05) is 0 Å². The first-order valence-corrected chi connectivity index (χ1v) is 7.03. The first kappa shape index (κ1) is 14.3. The lowest BCUT2D eigenvalue weighted by Gasteiger charge is -2.24. The molecule has 1 N–H and O–H groups in total. The third-order valence-corrected chi connectivity index (χ3v) is 4.09. The Bertz CT molecular complexity index is 499. The number of benzene rings is 1. The van der Waals surface area contributed by atoms with Gasteiger partial charge in [0.15, 0.2) is 0 Å². The molecule has 1 aromatic rings. The lowest BCUT2D eigenvalue weighted by molar-refractivity contribution is -0.385. The van der Waals surface area contributed by atoms with Crippen LogP contribution in [-0.2, 0) is 4.74 Å². The van der Waals surface area contributed by atoms with E-state index in [0.29, 0.717) is 16.6 Å². The molecule has 2 rings (SSSR count). The first-order valence-electron chi connectivity index (χ1n) is 6.24. The lowest BCUT2D eigenvalue weighted by atomic mass is 10.0. The van der Waals surface area contributed by atoms with Crippen molar-refractivity contribution in [2.24, 2.45) is 0 Å². The smallest absolute Gasteiger partial charge is 0.273 e. The van der Waals surface area contributed by atoms with Crippen LogP contribution in [0.3, 0.4) is 0 Å². The average Bonchev–Trinajstić information content (AvgIpc) is 2.77. The van der Waals surface area contributed by atoms with Gasteiger partial charge in [0, 0.05) is 34.9 Å². The number of hydrogen-bond donors (Lipinski definition) is 1. The summed E-state index contributed by atoms with van der Waals surface area (Å²) in [5.74, 6) is 0. The molecule has 104 valence electrons. The largest absolute Gasteiger partial charge is 0.381 e. The first-order chi connectivity index (χ1) is 8.91. The summed E-state index contributed by atoms with van der Waals surface area (Å²) >= 11 is 3.37. The quantitative estimate of drug-likeness (QED) is 0.676. The zero-order chi connectivity index (χ0) is 14.0. The Morgan fingerprint density at radius 1 is 1.58 bits per heavy atom. The summed E-state index contributed by atoms with van der Waals surface area (Å²) in [6.45, 7) is 5.32. The van der Waals surface area contributed by atoms with Crippen molar-refractivity contribution in [2.75, 3.05) is 18.5 Å². The second kappa shape index (κ2) is 5.46. The molecule has 1 aliphatic rings. The summed E-state index contributed by atoms with van der Waals surface area (Å²) in [6, 6.07) is 3.33. The molecule has 6 heteroatoms. The monoisotopic (exact) mass is 328 g/mol. The fourth-order valence-electron chi connectivity index (χ4n) is 2.26. The third-order valence-electron chi connectivity index (χ3n) is 3.44. The van der Waals surface area contributed by atoms with Crippen LogP contribution >= 0.6 is 15.9 Å². The van der Waals surface area contributed by atoms with Gasteiger partial charge in [0.1, 0.15) is 0 Å². The van der Waals surface area contributed by atoms with Crippen LogP contribution in [0.25, 0.3) is 0 Å². The molecule has 0 spiro atoms. The van der Waals surface area contributed by atoms with E-state index in [-0.39, 0.29) is 16.2 Å². The molecule has 0 bridgehead atoms. The lowest BCUT2D eigenvalue weighted by Crippen LogP contribution is -2.32. The Morgan fingerprint density at radius 3 is 2.89 bits per heavy atom. The molecule has 0 aliphatic carbocycles. The minimum atomic E-state index is -0.370. The van der Waals surface area contributed by atoms with Crippen molar-refractivity contribution in [1.82, 2.24) is 0 Å². The number of nitro benzene ring substituents is 1. The highest BCUT2D eigenvalue weighted by Gasteiger charge is 2.29. The van der Waals surface area contributed by atoms with E-state index in [9.17, 15) is 10.1 Å². The number of ether oxygens (including phenoxy) is 1. The number of nitrogens with zero attached hydrogens (tertiary/aromatic N) is 1. The van der Waals surface area contributed by atoms with E-state index in [0.717, 1.165) is 25.1 Å². The second-order valence-electron chi connectivity index (χ2n) is 5.13. The van der Waals surface area contributed by atoms with Gasteiger partial charge in [0.25, 0.3) is 5.69 Å². The van der Waals surface area contributed by atoms with E-state index in [2.05, 4.69) is 28.2 Å². The van der Waals surface area contributed by atoms with Gasteiger partial charge in [0.05, 0.1) is 10.5 Å². The van der Waals surface area contributed by atoms with E-state index in [1.165, 1.54) is 6.07 Å². The molecule has 1 aromatic carbocycles. The van der Waals surface area contributed by atoms with Crippen LogP contribution in [0.15, 0.2) is 16.6 Å². The molecular weight excluding hydrogens is 312 g/mol. The van der Waals surface area contributed by atoms with Gasteiger partial charge in [-0.25, -0.2) is 0 Å². The maximum Gasteiger partial charge on any atom is 0.273 e. The predicted molar refractivity (Wildman–Crippen MR) is 77.6 cm³/mol. The molecule has 5 nitrogen and oxygen atoms in total. The number of nitro groups is 1. The summed E-state index contributed by atoms with van der Waals surface area (Å²) in [6.07, 6.45) is 2.11. The molecule has 1 saturated heterocycles. The SMILES string of the molecule is Cc1cc(NCC2(C)CCCO2)c(Br)cc1[N+](=O)[O-]. The Balaban J connectivity index is 2.13. The molecular formula is C13H17BrN2O3. The van der Waals surface area contributed by atoms with Crippen molar-refractivity contribution in [3.8, 4) is 0 Å². The summed E-state index contributed by atoms with van der Waals surface area (Å²) in [5, 5.41) is 14.2. The molecule has 1 atom stereocenters. The summed E-state index contributed by atoms with van der Waals surface area (Å²) < 4.78 is 6.41. The van der Waals surface area contributed by atoms with Gasteiger partial charge in [-0.15, -0.1) is 0 Å². The van der Waals surface area contributed by atoms with Crippen LogP contribution in [0, 0.1) is 17.0 Å². The average molecular weight is 329 g/mol. The number of hydrogen-bond acceptors (Lipinski definition) is 4. The van der Waals surface area contributed by atoms with Crippen molar-refractivity contribution >= 4 is 27.3 Å². The van der Waals surface area contributed by atoms with Crippen LogP contribution in [0.1, 0.15) is 25.3 Å².